The molecule has 0 radical (unpaired) electrons. The highest BCUT2D eigenvalue weighted by molar-refractivity contribution is 5.77. The number of hydrogen-bond acceptors (Lipinski definition) is 5. The molecule has 6 heteroatoms. The van der Waals surface area contributed by atoms with Gasteiger partial charge in [-0.15, -0.1) is 0 Å². The van der Waals surface area contributed by atoms with Gasteiger partial charge in [0.15, 0.2) is 0 Å². The van der Waals surface area contributed by atoms with Crippen molar-refractivity contribution in [1.82, 2.24) is 5.32 Å². The first kappa shape index (κ1) is 57.3. The van der Waals surface area contributed by atoms with Gasteiger partial charge in [-0.05, 0) is 77.0 Å². The monoisotopic (exact) mass is 832 g/mol. The van der Waals surface area contributed by atoms with Crippen molar-refractivity contribution in [3.8, 4) is 0 Å². The lowest BCUT2D eigenvalue weighted by Gasteiger charge is -2.24. The van der Waals surface area contributed by atoms with Crippen molar-refractivity contribution in [3.05, 3.63) is 24.3 Å². The molecule has 0 aromatic carbocycles. The Bertz CT molecular complexity index is 935. The fraction of sp³-hybridized carbons (Fsp3) is 0.887. The van der Waals surface area contributed by atoms with Crippen LogP contribution in [-0.2, 0) is 14.3 Å². The van der Waals surface area contributed by atoms with Gasteiger partial charge in [0.25, 0.3) is 0 Å². The third-order valence-corrected chi connectivity index (χ3v) is 12.0. The Kier molecular flexibility index (Phi) is 46.1. The number of amides is 1. The number of carbonyl (C=O) groups is 2. The van der Waals surface area contributed by atoms with Crippen LogP contribution in [0.15, 0.2) is 24.3 Å². The van der Waals surface area contributed by atoms with Crippen LogP contribution in [0, 0.1) is 0 Å². The molecule has 0 rings (SSSR count). The number of unbranched alkanes of at least 4 members (excludes halogenated alkanes) is 31. The third kappa shape index (κ3) is 42.8. The highest BCUT2D eigenvalue weighted by Gasteiger charge is 2.24. The van der Waals surface area contributed by atoms with Gasteiger partial charge in [-0.3, -0.25) is 9.59 Å². The number of nitrogens with one attached hydrogen (secondary N) is 1. The van der Waals surface area contributed by atoms with E-state index in [1.54, 1.807) is 0 Å². The number of rotatable bonds is 47. The summed E-state index contributed by atoms with van der Waals surface area (Å²) in [5.41, 5.74) is 0. The van der Waals surface area contributed by atoms with Crippen molar-refractivity contribution >= 4 is 11.9 Å². The van der Waals surface area contributed by atoms with Gasteiger partial charge < -0.3 is 20.3 Å². The van der Waals surface area contributed by atoms with Crippen molar-refractivity contribution < 1.29 is 24.5 Å². The first-order valence-corrected chi connectivity index (χ1v) is 26.1. The van der Waals surface area contributed by atoms with Crippen LogP contribution in [0.5, 0.6) is 0 Å². The van der Waals surface area contributed by atoms with Gasteiger partial charge in [-0.25, -0.2) is 0 Å². The van der Waals surface area contributed by atoms with Gasteiger partial charge in [0.1, 0.15) is 6.10 Å². The smallest absolute Gasteiger partial charge is 0.306 e. The SMILES string of the molecule is CCCCC/C=C\CCCCCCCC(=O)OC(CCCCCCC/C=C\CCCCCC)CC(=O)NC(CO)C(O)CCCCCCCCCCCCCCCCC. The maximum atomic E-state index is 13.2. The number of aliphatic hydroxyl groups excluding tert-OH is 2. The van der Waals surface area contributed by atoms with Crippen LogP contribution in [0.1, 0.15) is 278 Å². The molecule has 0 saturated heterocycles. The van der Waals surface area contributed by atoms with Crippen LogP contribution in [0.4, 0.5) is 0 Å². The van der Waals surface area contributed by atoms with E-state index in [2.05, 4.69) is 50.4 Å². The predicted molar refractivity (Wildman–Crippen MR) is 255 cm³/mol. The summed E-state index contributed by atoms with van der Waals surface area (Å²) in [6.07, 6.45) is 53.8. The van der Waals surface area contributed by atoms with Crippen LogP contribution in [-0.4, -0.2) is 46.9 Å². The lowest BCUT2D eigenvalue weighted by atomic mass is 10.0. The largest absolute Gasteiger partial charge is 0.462 e. The number of esters is 1. The van der Waals surface area contributed by atoms with E-state index in [9.17, 15) is 19.8 Å². The van der Waals surface area contributed by atoms with Gasteiger partial charge in [-0.1, -0.05) is 212 Å². The zero-order valence-corrected chi connectivity index (χ0v) is 39.7. The third-order valence-electron chi connectivity index (χ3n) is 12.0. The normalized spacial score (nSPS) is 13.4. The van der Waals surface area contributed by atoms with Gasteiger partial charge in [0.2, 0.25) is 5.91 Å². The molecule has 0 aromatic heterocycles. The van der Waals surface area contributed by atoms with E-state index >= 15 is 0 Å². The van der Waals surface area contributed by atoms with E-state index in [1.807, 2.05) is 0 Å². The molecule has 0 aliphatic carbocycles. The van der Waals surface area contributed by atoms with Crippen molar-refractivity contribution in [1.29, 1.82) is 0 Å². The molecule has 0 spiro atoms. The van der Waals surface area contributed by atoms with Gasteiger partial charge in [-0.2, -0.15) is 0 Å². The minimum atomic E-state index is -0.787. The summed E-state index contributed by atoms with van der Waals surface area (Å²) < 4.78 is 5.92. The van der Waals surface area contributed by atoms with Gasteiger partial charge in [0, 0.05) is 6.42 Å². The summed E-state index contributed by atoms with van der Waals surface area (Å²) in [4.78, 5) is 26.1. The molecule has 3 atom stereocenters. The topological polar surface area (TPSA) is 95.9 Å². The average molecular weight is 832 g/mol. The molecule has 0 fully saturated rings. The Hall–Kier alpha value is -1.66. The molecule has 0 bridgehead atoms. The van der Waals surface area contributed by atoms with E-state index in [0.717, 1.165) is 64.2 Å². The fourth-order valence-corrected chi connectivity index (χ4v) is 8.01. The van der Waals surface area contributed by atoms with Crippen molar-refractivity contribution in [2.75, 3.05) is 6.61 Å². The molecule has 0 aliphatic rings. The predicted octanol–water partition coefficient (Wildman–Crippen LogP) is 15.5. The Morgan fingerprint density at radius 2 is 0.814 bits per heavy atom. The molecule has 1 amide bonds. The standard InChI is InChI=1S/C53H101NO5/c1-4-7-10-13-16-19-22-25-26-28-30-33-36-39-42-45-51(56)50(48-55)54-52(57)47-49(44-41-38-35-32-29-27-23-20-17-14-11-8-5-2)59-53(58)46-43-40-37-34-31-24-21-18-15-12-9-6-3/h18,20-21,23,49-51,55-56H,4-17,19,22,24-48H2,1-3H3,(H,54,57)/b21-18-,23-20-. The maximum Gasteiger partial charge on any atom is 0.306 e. The molecule has 3 unspecified atom stereocenters. The van der Waals surface area contributed by atoms with E-state index < -0.39 is 18.2 Å². The molecule has 348 valence electrons. The maximum absolute atomic E-state index is 13.2. The summed E-state index contributed by atoms with van der Waals surface area (Å²) in [5.74, 6) is -0.482. The van der Waals surface area contributed by atoms with Crippen molar-refractivity contribution in [2.45, 2.75) is 296 Å². The second-order valence-corrected chi connectivity index (χ2v) is 17.9. The van der Waals surface area contributed by atoms with E-state index in [0.29, 0.717) is 19.3 Å². The van der Waals surface area contributed by atoms with E-state index in [-0.39, 0.29) is 24.9 Å². The first-order valence-electron chi connectivity index (χ1n) is 26.1. The highest BCUT2D eigenvalue weighted by Crippen LogP contribution is 2.18. The summed E-state index contributed by atoms with van der Waals surface area (Å²) in [6, 6.07) is -0.701. The summed E-state index contributed by atoms with van der Waals surface area (Å²) >= 11 is 0. The zero-order valence-electron chi connectivity index (χ0n) is 39.7. The molecule has 3 N–H and O–H groups in total. The Morgan fingerprint density at radius 1 is 0.475 bits per heavy atom. The second-order valence-electron chi connectivity index (χ2n) is 17.9. The fourth-order valence-electron chi connectivity index (χ4n) is 8.01. The quantitative estimate of drug-likeness (QED) is 0.0322. The van der Waals surface area contributed by atoms with Crippen LogP contribution in [0.25, 0.3) is 0 Å². The van der Waals surface area contributed by atoms with Gasteiger partial charge in [0.05, 0.1) is 25.2 Å². The lowest BCUT2D eigenvalue weighted by molar-refractivity contribution is -0.151. The Balaban J connectivity index is 4.54. The first-order chi connectivity index (χ1) is 29.0. The van der Waals surface area contributed by atoms with Crippen LogP contribution in [0.2, 0.25) is 0 Å². The zero-order chi connectivity index (χ0) is 43.1. The number of aliphatic hydroxyl groups is 2. The minimum Gasteiger partial charge on any atom is -0.462 e. The molecule has 59 heavy (non-hydrogen) atoms. The van der Waals surface area contributed by atoms with Crippen molar-refractivity contribution in [2.24, 2.45) is 0 Å². The number of carbonyl (C=O) groups excluding carboxylic acids is 2. The average Bonchev–Trinajstić information content (AvgIpc) is 3.23. The summed E-state index contributed by atoms with van der Waals surface area (Å²) in [7, 11) is 0. The van der Waals surface area contributed by atoms with Crippen LogP contribution in [0.3, 0.4) is 0 Å². The second kappa shape index (κ2) is 47.4. The van der Waals surface area contributed by atoms with E-state index in [1.165, 1.54) is 167 Å². The molecular formula is C53H101NO5. The van der Waals surface area contributed by atoms with Gasteiger partial charge >= 0.3 is 5.97 Å². The van der Waals surface area contributed by atoms with E-state index in [4.69, 9.17) is 4.74 Å². The summed E-state index contributed by atoms with van der Waals surface area (Å²) in [6.45, 7) is 6.46. The molecule has 0 heterocycles. The minimum absolute atomic E-state index is 0.0724. The lowest BCUT2D eigenvalue weighted by Crippen LogP contribution is -2.46. The Labute approximate surface area is 367 Å². The molecule has 0 aliphatic heterocycles. The molecule has 0 saturated carbocycles. The molecule has 6 nitrogen and oxygen atoms in total. The number of hydrogen-bond donors (Lipinski definition) is 3. The number of allylic oxidation sites excluding steroid dienone is 4. The van der Waals surface area contributed by atoms with Crippen LogP contribution < -0.4 is 5.32 Å². The highest BCUT2D eigenvalue weighted by atomic mass is 16.5. The molecular weight excluding hydrogens is 731 g/mol. The van der Waals surface area contributed by atoms with Crippen molar-refractivity contribution in [3.63, 3.8) is 0 Å². The Morgan fingerprint density at radius 3 is 1.25 bits per heavy atom. The molecule has 0 aromatic rings. The summed E-state index contributed by atoms with van der Waals surface area (Å²) in [5, 5.41) is 23.8. The van der Waals surface area contributed by atoms with Crippen LogP contribution >= 0.6 is 0 Å². The number of ether oxygens (including phenoxy) is 1.